The van der Waals surface area contributed by atoms with E-state index in [2.05, 4.69) is 6.58 Å². The molecule has 3 N–H and O–H groups in total. The molecule has 0 aromatic heterocycles. The molecule has 27 heavy (non-hydrogen) atoms. The van der Waals surface area contributed by atoms with Crippen molar-refractivity contribution in [3.63, 3.8) is 0 Å². The predicted molar refractivity (Wildman–Crippen MR) is 90.9 cm³/mol. The maximum atomic E-state index is 12.5. The van der Waals surface area contributed by atoms with Crippen molar-refractivity contribution in [1.82, 2.24) is 0 Å². The molecule has 4 fully saturated rings. The maximum absolute atomic E-state index is 12.5. The minimum Gasteiger partial charge on any atom is -0.462 e. The van der Waals surface area contributed by atoms with Gasteiger partial charge in [-0.3, -0.25) is 9.59 Å². The van der Waals surface area contributed by atoms with Crippen LogP contribution in [-0.4, -0.2) is 57.8 Å². The number of esters is 1. The molecule has 9 atom stereocenters. The van der Waals surface area contributed by atoms with E-state index in [1.165, 1.54) is 6.08 Å². The van der Waals surface area contributed by atoms with E-state index in [-0.39, 0.29) is 24.9 Å². The zero-order valence-corrected chi connectivity index (χ0v) is 15.3. The Morgan fingerprint density at radius 2 is 1.93 bits per heavy atom. The summed E-state index contributed by atoms with van der Waals surface area (Å²) in [6, 6.07) is 0. The number of allylic oxidation sites excluding steroid dienone is 1. The van der Waals surface area contributed by atoms with E-state index < -0.39 is 52.5 Å². The Hall–Kier alpha value is -1.54. The molecular formula is C20H24O7. The number of fused-ring (bicyclic) bond motifs is 1. The summed E-state index contributed by atoms with van der Waals surface area (Å²) in [6.45, 7) is 7.64. The summed E-state index contributed by atoms with van der Waals surface area (Å²) in [6.07, 6.45) is -1.36. The predicted octanol–water partition coefficient (Wildman–Crippen LogP) is 0.0863. The van der Waals surface area contributed by atoms with Gasteiger partial charge < -0.3 is 24.8 Å². The Morgan fingerprint density at radius 3 is 2.63 bits per heavy atom. The van der Waals surface area contributed by atoms with Crippen LogP contribution in [0.4, 0.5) is 0 Å². The first kappa shape index (κ1) is 17.6. The van der Waals surface area contributed by atoms with E-state index in [0.717, 1.165) is 5.57 Å². The lowest BCUT2D eigenvalue weighted by molar-refractivity contribution is -0.305. The fraction of sp³-hybridized carbons (Fsp3) is 0.700. The molecule has 2 saturated carbocycles. The molecule has 0 aromatic rings. The van der Waals surface area contributed by atoms with Crippen molar-refractivity contribution in [2.45, 2.75) is 50.8 Å². The number of rotatable bonds is 0. The van der Waals surface area contributed by atoms with Gasteiger partial charge in [-0.1, -0.05) is 19.1 Å². The van der Waals surface area contributed by atoms with Crippen LogP contribution in [-0.2, 0) is 19.1 Å². The molecule has 0 aromatic carbocycles. The second kappa shape index (κ2) is 4.89. The van der Waals surface area contributed by atoms with Gasteiger partial charge >= 0.3 is 5.97 Å². The highest BCUT2D eigenvalue weighted by atomic mass is 16.6. The molecule has 7 nitrogen and oxygen atoms in total. The summed E-state index contributed by atoms with van der Waals surface area (Å²) >= 11 is 0. The third-order valence-corrected chi connectivity index (χ3v) is 8.19. The molecular weight excluding hydrogens is 352 g/mol. The fourth-order valence-electron chi connectivity index (χ4n) is 7.14. The van der Waals surface area contributed by atoms with Crippen molar-refractivity contribution in [3.8, 4) is 0 Å². The number of aliphatic hydroxyl groups is 3. The van der Waals surface area contributed by atoms with Crippen molar-refractivity contribution in [3.05, 3.63) is 23.8 Å². The summed E-state index contributed by atoms with van der Waals surface area (Å²) in [5.41, 5.74) is -0.730. The first-order valence-corrected chi connectivity index (χ1v) is 9.41. The Morgan fingerprint density at radius 1 is 1.22 bits per heavy atom. The lowest BCUT2D eigenvalue weighted by Gasteiger charge is -2.66. The van der Waals surface area contributed by atoms with Gasteiger partial charge in [-0.05, 0) is 30.9 Å². The number of hydrogen-bond acceptors (Lipinski definition) is 7. The van der Waals surface area contributed by atoms with E-state index in [9.17, 15) is 24.9 Å². The van der Waals surface area contributed by atoms with E-state index in [4.69, 9.17) is 9.47 Å². The number of ketones is 1. The average Bonchev–Trinajstić information content (AvgIpc) is 2.90. The number of hydrogen-bond donors (Lipinski definition) is 3. The Bertz CT molecular complexity index is 817. The van der Waals surface area contributed by atoms with Gasteiger partial charge in [0, 0.05) is 22.7 Å². The third-order valence-electron chi connectivity index (χ3n) is 8.19. The molecule has 1 spiro atoms. The monoisotopic (exact) mass is 376 g/mol. The third kappa shape index (κ3) is 1.69. The highest BCUT2D eigenvalue weighted by Gasteiger charge is 2.81. The minimum absolute atomic E-state index is 0.0436. The Labute approximate surface area is 156 Å². The van der Waals surface area contributed by atoms with Crippen molar-refractivity contribution in [1.29, 1.82) is 0 Å². The lowest BCUT2D eigenvalue weighted by Crippen LogP contribution is -2.74. The van der Waals surface area contributed by atoms with Crippen molar-refractivity contribution in [2.75, 3.05) is 6.61 Å². The van der Waals surface area contributed by atoms with Gasteiger partial charge in [-0.25, -0.2) is 0 Å². The second-order valence-corrected chi connectivity index (χ2v) is 9.15. The van der Waals surface area contributed by atoms with Crippen LogP contribution in [0.3, 0.4) is 0 Å². The molecule has 2 aliphatic heterocycles. The van der Waals surface area contributed by atoms with Crippen LogP contribution in [0, 0.1) is 28.6 Å². The van der Waals surface area contributed by atoms with Crippen molar-refractivity contribution in [2.24, 2.45) is 28.6 Å². The highest BCUT2D eigenvalue weighted by Crippen LogP contribution is 2.73. The lowest BCUT2D eigenvalue weighted by atomic mass is 9.39. The molecule has 2 saturated heterocycles. The first-order valence-electron chi connectivity index (χ1n) is 9.41. The van der Waals surface area contributed by atoms with Crippen LogP contribution < -0.4 is 0 Å². The first-order chi connectivity index (χ1) is 12.6. The van der Waals surface area contributed by atoms with Crippen LogP contribution in [0.5, 0.6) is 0 Å². The number of carbonyl (C=O) groups excluding carboxylic acids is 2. The normalized spacial score (nSPS) is 56.2. The molecule has 0 radical (unpaired) electrons. The zero-order chi connectivity index (χ0) is 19.5. The maximum Gasteiger partial charge on any atom is 0.306 e. The summed E-state index contributed by atoms with van der Waals surface area (Å²) in [4.78, 5) is 24.8. The van der Waals surface area contributed by atoms with Gasteiger partial charge in [0.2, 0.25) is 0 Å². The SMILES string of the molecule is C=C1[C@@H](O)[C@]2(O)OC[C@@]34[C@H]2[C@@]2(C)[C@H](O)C(=O)C=C(C)[C@@H]2C[C@H]3OC(=O)C[C@@H]14. The summed E-state index contributed by atoms with van der Waals surface area (Å²) < 4.78 is 11.5. The van der Waals surface area contributed by atoms with Crippen LogP contribution >= 0.6 is 0 Å². The smallest absolute Gasteiger partial charge is 0.306 e. The summed E-state index contributed by atoms with van der Waals surface area (Å²) in [7, 11) is 0. The van der Waals surface area contributed by atoms with Gasteiger partial charge in [0.25, 0.3) is 0 Å². The Balaban J connectivity index is 1.79. The van der Waals surface area contributed by atoms with E-state index in [1.54, 1.807) is 6.92 Å². The van der Waals surface area contributed by atoms with Gasteiger partial charge in [-0.2, -0.15) is 0 Å². The van der Waals surface area contributed by atoms with Crippen LogP contribution in [0.25, 0.3) is 0 Å². The van der Waals surface area contributed by atoms with Crippen LogP contribution in [0.15, 0.2) is 23.8 Å². The largest absolute Gasteiger partial charge is 0.462 e. The highest BCUT2D eigenvalue weighted by molar-refractivity contribution is 5.96. The average molecular weight is 376 g/mol. The fourth-order valence-corrected chi connectivity index (χ4v) is 7.14. The molecule has 7 heteroatoms. The molecule has 146 valence electrons. The zero-order valence-electron chi connectivity index (χ0n) is 15.3. The molecule has 2 bridgehead atoms. The quantitative estimate of drug-likeness (QED) is 0.405. The van der Waals surface area contributed by atoms with Gasteiger partial charge in [0.1, 0.15) is 18.3 Å². The standard InChI is InChI=1S/C20H24O7/c1-8-4-12(21)16(24)18(3)10(8)5-13-19-7-26-20(25,17(18)19)15(23)9(2)11(19)6-14(22)27-13/h4,10-11,13,15-17,23-25H,2,5-7H2,1,3H3/t10-,11-,13+,15+,16+,17+,18+,19-,20-/m0/s1. The van der Waals surface area contributed by atoms with Gasteiger partial charge in [0.05, 0.1) is 13.0 Å². The van der Waals surface area contributed by atoms with Gasteiger partial charge in [0.15, 0.2) is 11.6 Å². The van der Waals surface area contributed by atoms with E-state index >= 15 is 0 Å². The molecule has 3 aliphatic carbocycles. The summed E-state index contributed by atoms with van der Waals surface area (Å²) in [5, 5.41) is 33.3. The van der Waals surface area contributed by atoms with Crippen molar-refractivity contribution < 1.29 is 34.4 Å². The molecule has 5 aliphatic rings. The Kier molecular flexibility index (Phi) is 3.18. The van der Waals surface area contributed by atoms with Crippen LogP contribution in [0.1, 0.15) is 26.7 Å². The van der Waals surface area contributed by atoms with E-state index in [1.807, 2.05) is 6.92 Å². The molecule has 0 amide bonds. The molecule has 5 rings (SSSR count). The van der Waals surface area contributed by atoms with Crippen molar-refractivity contribution >= 4 is 11.8 Å². The topological polar surface area (TPSA) is 113 Å². The van der Waals surface area contributed by atoms with Crippen LogP contribution in [0.2, 0.25) is 0 Å². The summed E-state index contributed by atoms with van der Waals surface area (Å²) in [5.74, 6) is -4.25. The van der Waals surface area contributed by atoms with E-state index in [0.29, 0.717) is 12.0 Å². The molecule has 2 heterocycles. The number of ether oxygens (including phenoxy) is 2. The van der Waals surface area contributed by atoms with Gasteiger partial charge in [-0.15, -0.1) is 0 Å². The number of aliphatic hydroxyl groups excluding tert-OH is 2. The minimum atomic E-state index is -1.98. The molecule has 0 unspecified atom stereocenters. The second-order valence-electron chi connectivity index (χ2n) is 9.15. The number of carbonyl (C=O) groups is 2.